The van der Waals surface area contributed by atoms with Gasteiger partial charge in [0.05, 0.1) is 0 Å². The number of fused-ring (bicyclic) bond motifs is 6. The molecule has 0 fully saturated rings. The second-order valence-electron chi connectivity index (χ2n) is 10.5. The summed E-state index contributed by atoms with van der Waals surface area (Å²) in [6.45, 7) is 0. The van der Waals surface area contributed by atoms with Crippen molar-refractivity contribution in [3.8, 4) is 44.9 Å². The summed E-state index contributed by atoms with van der Waals surface area (Å²) in [5.74, 6) is 1.82. The third-order valence-electron chi connectivity index (χ3n) is 8.26. The van der Waals surface area contributed by atoms with Gasteiger partial charge < -0.3 is 9.15 Å². The molecule has 0 aliphatic carbocycles. The molecule has 0 unspecified atom stereocenters. The van der Waals surface area contributed by atoms with E-state index in [0.717, 1.165) is 44.6 Å². The minimum atomic E-state index is 0.904. The van der Waals surface area contributed by atoms with Crippen molar-refractivity contribution >= 4 is 43.5 Å². The molecule has 186 valence electrons. The standard InChI is InChI=1S/C38H22O2/c1-2-10-29-27(25-20-24-8-7-15-36-38(24)33(21-25)31-12-4-6-14-35(31)39-36)19-18-26(28(29)9-1)23-16-17-32-30-11-3-5-13-34(30)40-37(32)22-23/h1-22H. The second kappa shape index (κ2) is 8.08. The molecule has 0 N–H and O–H groups in total. The molecule has 1 aliphatic rings. The molecule has 1 aromatic heterocycles. The highest BCUT2D eigenvalue weighted by Crippen LogP contribution is 2.48. The van der Waals surface area contributed by atoms with Crippen LogP contribution in [0.15, 0.2) is 138 Å². The van der Waals surface area contributed by atoms with E-state index in [1.807, 2.05) is 24.3 Å². The fourth-order valence-electron chi connectivity index (χ4n) is 6.44. The van der Waals surface area contributed by atoms with Gasteiger partial charge in [0.2, 0.25) is 0 Å². The number of furan rings is 1. The smallest absolute Gasteiger partial charge is 0.136 e. The molecule has 40 heavy (non-hydrogen) atoms. The Morgan fingerprint density at radius 2 is 1.07 bits per heavy atom. The molecule has 9 rings (SSSR count). The minimum absolute atomic E-state index is 0.904. The van der Waals surface area contributed by atoms with Gasteiger partial charge in [-0.3, -0.25) is 0 Å². The van der Waals surface area contributed by atoms with Crippen LogP contribution in [-0.4, -0.2) is 0 Å². The molecular weight excluding hydrogens is 488 g/mol. The van der Waals surface area contributed by atoms with Crippen molar-refractivity contribution in [2.45, 2.75) is 0 Å². The third kappa shape index (κ3) is 3.05. The van der Waals surface area contributed by atoms with Crippen molar-refractivity contribution in [1.82, 2.24) is 0 Å². The second-order valence-corrected chi connectivity index (χ2v) is 10.5. The average Bonchev–Trinajstić information content (AvgIpc) is 3.38. The molecule has 7 aromatic carbocycles. The summed E-state index contributed by atoms with van der Waals surface area (Å²) >= 11 is 0. The monoisotopic (exact) mass is 510 g/mol. The van der Waals surface area contributed by atoms with Gasteiger partial charge in [-0.05, 0) is 86.4 Å². The first kappa shape index (κ1) is 21.6. The topological polar surface area (TPSA) is 22.4 Å². The largest absolute Gasteiger partial charge is 0.456 e. The Morgan fingerprint density at radius 3 is 1.95 bits per heavy atom. The van der Waals surface area contributed by atoms with Crippen molar-refractivity contribution in [1.29, 1.82) is 0 Å². The first-order valence-electron chi connectivity index (χ1n) is 13.6. The molecule has 0 atom stereocenters. The van der Waals surface area contributed by atoms with Crippen LogP contribution in [0.5, 0.6) is 11.5 Å². The number of hydrogen-bond acceptors (Lipinski definition) is 2. The molecule has 0 radical (unpaired) electrons. The molecule has 0 saturated heterocycles. The predicted molar refractivity (Wildman–Crippen MR) is 165 cm³/mol. The van der Waals surface area contributed by atoms with Crippen LogP contribution in [0.1, 0.15) is 0 Å². The lowest BCUT2D eigenvalue weighted by Crippen LogP contribution is -1.97. The van der Waals surface area contributed by atoms with Crippen LogP contribution in [-0.2, 0) is 0 Å². The molecule has 8 aromatic rings. The van der Waals surface area contributed by atoms with Gasteiger partial charge in [0, 0.05) is 21.7 Å². The molecule has 0 bridgehead atoms. The molecule has 1 aliphatic heterocycles. The zero-order chi connectivity index (χ0) is 26.2. The van der Waals surface area contributed by atoms with Gasteiger partial charge in [-0.1, -0.05) is 91.0 Å². The molecule has 0 amide bonds. The maximum absolute atomic E-state index is 6.27. The lowest BCUT2D eigenvalue weighted by Gasteiger charge is -2.22. The quantitative estimate of drug-likeness (QED) is 0.231. The zero-order valence-electron chi connectivity index (χ0n) is 21.5. The summed E-state index contributed by atoms with van der Waals surface area (Å²) in [6, 6.07) is 47.3. The summed E-state index contributed by atoms with van der Waals surface area (Å²) in [4.78, 5) is 0. The van der Waals surface area contributed by atoms with Crippen molar-refractivity contribution < 1.29 is 9.15 Å². The third-order valence-corrected chi connectivity index (χ3v) is 8.26. The van der Waals surface area contributed by atoms with Gasteiger partial charge in [-0.25, -0.2) is 0 Å². The van der Waals surface area contributed by atoms with E-state index in [9.17, 15) is 0 Å². The van der Waals surface area contributed by atoms with Crippen LogP contribution < -0.4 is 4.74 Å². The first-order chi connectivity index (χ1) is 19.8. The van der Waals surface area contributed by atoms with E-state index >= 15 is 0 Å². The lowest BCUT2D eigenvalue weighted by atomic mass is 9.88. The van der Waals surface area contributed by atoms with E-state index in [4.69, 9.17) is 9.15 Å². The summed E-state index contributed by atoms with van der Waals surface area (Å²) in [5, 5.41) is 7.11. The number of rotatable bonds is 2. The Morgan fingerprint density at radius 1 is 0.375 bits per heavy atom. The Hall–Kier alpha value is -5.34. The van der Waals surface area contributed by atoms with Gasteiger partial charge >= 0.3 is 0 Å². The maximum atomic E-state index is 6.27. The SMILES string of the molecule is c1ccc2c(c1)Oc1cccc3cc(-c4ccc(-c5ccc6c(c5)oc5ccccc56)c5ccccc45)cc-2c13. The van der Waals surface area contributed by atoms with E-state index in [-0.39, 0.29) is 0 Å². The summed E-state index contributed by atoms with van der Waals surface area (Å²) < 4.78 is 12.5. The normalized spacial score (nSPS) is 12.2. The van der Waals surface area contributed by atoms with E-state index in [1.165, 1.54) is 43.8 Å². The first-order valence-corrected chi connectivity index (χ1v) is 13.6. The number of hydrogen-bond donors (Lipinski definition) is 0. The Balaban J connectivity index is 1.26. The highest BCUT2D eigenvalue weighted by molar-refractivity contribution is 6.11. The van der Waals surface area contributed by atoms with Crippen molar-refractivity contribution in [2.75, 3.05) is 0 Å². The van der Waals surface area contributed by atoms with E-state index in [1.54, 1.807) is 0 Å². The van der Waals surface area contributed by atoms with Crippen LogP contribution in [0, 0.1) is 0 Å². The summed E-state index contributed by atoms with van der Waals surface area (Å²) in [5.41, 5.74) is 8.95. The van der Waals surface area contributed by atoms with Crippen LogP contribution in [0.2, 0.25) is 0 Å². The van der Waals surface area contributed by atoms with Gasteiger partial charge in [0.15, 0.2) is 0 Å². The summed E-state index contributed by atoms with van der Waals surface area (Å²) in [7, 11) is 0. The molecule has 0 spiro atoms. The Bertz CT molecular complexity index is 2300. The predicted octanol–water partition coefficient (Wildman–Crippen LogP) is 11.0. The maximum Gasteiger partial charge on any atom is 0.136 e. The highest BCUT2D eigenvalue weighted by Gasteiger charge is 2.21. The van der Waals surface area contributed by atoms with Gasteiger partial charge in [-0.15, -0.1) is 0 Å². The van der Waals surface area contributed by atoms with Crippen LogP contribution >= 0.6 is 0 Å². The van der Waals surface area contributed by atoms with E-state index < -0.39 is 0 Å². The van der Waals surface area contributed by atoms with Crippen LogP contribution in [0.3, 0.4) is 0 Å². The molecular formula is C38H22O2. The van der Waals surface area contributed by atoms with E-state index in [2.05, 4.69) is 109 Å². The Kier molecular flexibility index (Phi) is 4.36. The minimum Gasteiger partial charge on any atom is -0.456 e. The van der Waals surface area contributed by atoms with Gasteiger partial charge in [0.1, 0.15) is 22.7 Å². The average molecular weight is 511 g/mol. The highest BCUT2D eigenvalue weighted by atomic mass is 16.5. The summed E-state index contributed by atoms with van der Waals surface area (Å²) in [6.07, 6.45) is 0. The molecule has 2 nitrogen and oxygen atoms in total. The fourth-order valence-corrected chi connectivity index (χ4v) is 6.44. The van der Waals surface area contributed by atoms with Gasteiger partial charge in [-0.2, -0.15) is 0 Å². The van der Waals surface area contributed by atoms with Crippen molar-refractivity contribution in [2.24, 2.45) is 0 Å². The number of ether oxygens (including phenoxy) is 1. The number of para-hydroxylation sites is 2. The zero-order valence-corrected chi connectivity index (χ0v) is 21.5. The lowest BCUT2D eigenvalue weighted by molar-refractivity contribution is 0.487. The number of benzene rings is 7. The van der Waals surface area contributed by atoms with Crippen LogP contribution in [0.4, 0.5) is 0 Å². The van der Waals surface area contributed by atoms with E-state index in [0.29, 0.717) is 0 Å². The molecule has 0 saturated carbocycles. The van der Waals surface area contributed by atoms with Gasteiger partial charge in [0.25, 0.3) is 0 Å². The molecule has 2 heteroatoms. The fraction of sp³-hybridized carbons (Fsp3) is 0. The van der Waals surface area contributed by atoms with Crippen molar-refractivity contribution in [3.05, 3.63) is 133 Å². The molecule has 2 heterocycles. The van der Waals surface area contributed by atoms with Crippen LogP contribution in [0.25, 0.3) is 76.9 Å². The Labute approximate surface area is 230 Å². The van der Waals surface area contributed by atoms with Crippen molar-refractivity contribution in [3.63, 3.8) is 0 Å².